The number of allylic oxidation sites excluding steroid dienone is 4. The third-order valence-corrected chi connectivity index (χ3v) is 3.72. The molecule has 1 aliphatic carbocycles. The van der Waals surface area contributed by atoms with E-state index in [1.807, 2.05) is 0 Å². The van der Waals surface area contributed by atoms with Crippen molar-refractivity contribution in [1.29, 1.82) is 0 Å². The fourth-order valence-corrected chi connectivity index (χ4v) is 2.84. The third-order valence-electron chi connectivity index (χ3n) is 3.72. The minimum absolute atomic E-state index is 0.625. The molecular formula is C16H26. The minimum Gasteiger partial charge on any atom is -0.103 e. The molecule has 1 rings (SSSR count). The molecule has 0 aliphatic heterocycles. The SMILES string of the molecule is C=C[C@@H]1CC(CCC)=C(CCC)C[C@@H]1C=C. The van der Waals surface area contributed by atoms with Crippen LogP contribution in [0.1, 0.15) is 52.4 Å². The van der Waals surface area contributed by atoms with Crippen LogP contribution in [0.3, 0.4) is 0 Å². The molecule has 0 heteroatoms. The average Bonchev–Trinajstić information content (AvgIpc) is 2.31. The van der Waals surface area contributed by atoms with Gasteiger partial charge in [-0.3, -0.25) is 0 Å². The summed E-state index contributed by atoms with van der Waals surface area (Å²) in [4.78, 5) is 0. The van der Waals surface area contributed by atoms with Gasteiger partial charge in [0, 0.05) is 0 Å². The molecule has 2 atom stereocenters. The van der Waals surface area contributed by atoms with E-state index in [9.17, 15) is 0 Å². The van der Waals surface area contributed by atoms with E-state index in [1.54, 1.807) is 11.1 Å². The number of rotatable bonds is 6. The van der Waals surface area contributed by atoms with Crippen molar-refractivity contribution in [2.75, 3.05) is 0 Å². The molecule has 0 amide bonds. The largest absolute Gasteiger partial charge is 0.103 e. The Morgan fingerprint density at radius 1 is 0.938 bits per heavy atom. The first kappa shape index (κ1) is 13.3. The van der Waals surface area contributed by atoms with E-state index in [0.29, 0.717) is 11.8 Å². The van der Waals surface area contributed by atoms with Crippen molar-refractivity contribution in [3.63, 3.8) is 0 Å². The molecule has 1 aliphatic rings. The molecule has 0 saturated heterocycles. The Hall–Kier alpha value is -0.780. The van der Waals surface area contributed by atoms with Crippen LogP contribution in [0.2, 0.25) is 0 Å². The van der Waals surface area contributed by atoms with Gasteiger partial charge in [0.15, 0.2) is 0 Å². The first-order chi connectivity index (χ1) is 7.76. The molecule has 0 saturated carbocycles. The predicted molar refractivity (Wildman–Crippen MR) is 73.5 cm³/mol. The molecule has 0 bridgehead atoms. The molecule has 0 radical (unpaired) electrons. The van der Waals surface area contributed by atoms with Crippen molar-refractivity contribution >= 4 is 0 Å². The fraction of sp³-hybridized carbons (Fsp3) is 0.625. The molecule has 0 nitrogen and oxygen atoms in total. The minimum atomic E-state index is 0.625. The maximum Gasteiger partial charge on any atom is -0.0133 e. The standard InChI is InChI=1S/C16H26/c1-5-9-15-11-13(7-3)14(8-4)12-16(15)10-6-2/h7-8,13-14H,3-6,9-12H2,1-2H3/t13-,14+. The summed E-state index contributed by atoms with van der Waals surface area (Å²) in [6, 6.07) is 0. The molecule has 90 valence electrons. The Morgan fingerprint density at radius 2 is 1.31 bits per heavy atom. The molecule has 0 aromatic rings. The Kier molecular flexibility index (Phi) is 5.59. The Balaban J connectivity index is 2.86. The lowest BCUT2D eigenvalue weighted by molar-refractivity contribution is 0.423. The van der Waals surface area contributed by atoms with Crippen molar-refractivity contribution in [1.82, 2.24) is 0 Å². The maximum absolute atomic E-state index is 3.98. The third kappa shape index (κ3) is 3.10. The van der Waals surface area contributed by atoms with Gasteiger partial charge >= 0.3 is 0 Å². The Bertz CT molecular complexity index is 242. The van der Waals surface area contributed by atoms with Crippen LogP contribution in [-0.4, -0.2) is 0 Å². The van der Waals surface area contributed by atoms with Gasteiger partial charge < -0.3 is 0 Å². The lowest BCUT2D eigenvalue weighted by Crippen LogP contribution is -2.18. The summed E-state index contributed by atoms with van der Waals surface area (Å²) in [7, 11) is 0. The van der Waals surface area contributed by atoms with Crippen molar-refractivity contribution in [2.45, 2.75) is 52.4 Å². The molecule has 0 unspecified atom stereocenters. The smallest absolute Gasteiger partial charge is 0.0133 e. The van der Waals surface area contributed by atoms with Gasteiger partial charge in [-0.1, -0.05) is 50.0 Å². The summed E-state index contributed by atoms with van der Waals surface area (Å²) in [5, 5.41) is 0. The topological polar surface area (TPSA) is 0 Å². The van der Waals surface area contributed by atoms with Gasteiger partial charge in [0.25, 0.3) is 0 Å². The first-order valence-corrected chi connectivity index (χ1v) is 6.71. The zero-order valence-corrected chi connectivity index (χ0v) is 11.0. The average molecular weight is 218 g/mol. The zero-order chi connectivity index (χ0) is 12.0. The van der Waals surface area contributed by atoms with E-state index in [0.717, 1.165) is 0 Å². The summed E-state index contributed by atoms with van der Waals surface area (Å²) in [6.45, 7) is 12.5. The van der Waals surface area contributed by atoms with Crippen LogP contribution in [-0.2, 0) is 0 Å². The van der Waals surface area contributed by atoms with Crippen LogP contribution < -0.4 is 0 Å². The highest BCUT2D eigenvalue weighted by Crippen LogP contribution is 2.39. The summed E-state index contributed by atoms with van der Waals surface area (Å²) in [6.07, 6.45) is 11.8. The second-order valence-electron chi connectivity index (χ2n) is 4.91. The lowest BCUT2D eigenvalue weighted by Gasteiger charge is -2.31. The van der Waals surface area contributed by atoms with Crippen molar-refractivity contribution in [2.24, 2.45) is 11.8 Å². The quantitative estimate of drug-likeness (QED) is 0.532. The highest BCUT2D eigenvalue weighted by molar-refractivity contribution is 5.23. The maximum atomic E-state index is 3.98. The van der Waals surface area contributed by atoms with Gasteiger partial charge in [0.1, 0.15) is 0 Å². The van der Waals surface area contributed by atoms with Gasteiger partial charge in [0.2, 0.25) is 0 Å². The van der Waals surface area contributed by atoms with E-state index < -0.39 is 0 Å². The van der Waals surface area contributed by atoms with Gasteiger partial charge in [-0.15, -0.1) is 13.2 Å². The van der Waals surface area contributed by atoms with Crippen LogP contribution >= 0.6 is 0 Å². The van der Waals surface area contributed by atoms with Crippen LogP contribution in [0.5, 0.6) is 0 Å². The Morgan fingerprint density at radius 3 is 1.56 bits per heavy atom. The molecule has 0 N–H and O–H groups in total. The lowest BCUT2D eigenvalue weighted by atomic mass is 9.74. The van der Waals surface area contributed by atoms with E-state index in [4.69, 9.17) is 0 Å². The molecule has 16 heavy (non-hydrogen) atoms. The van der Waals surface area contributed by atoms with Crippen LogP contribution in [0.15, 0.2) is 36.5 Å². The normalized spacial score (nSPS) is 25.6. The summed E-state index contributed by atoms with van der Waals surface area (Å²) in [5.74, 6) is 1.25. The van der Waals surface area contributed by atoms with E-state index in [1.165, 1.54) is 38.5 Å². The van der Waals surface area contributed by atoms with Gasteiger partial charge in [0.05, 0.1) is 0 Å². The number of hydrogen-bond acceptors (Lipinski definition) is 0. The molecular weight excluding hydrogens is 192 g/mol. The molecule has 0 heterocycles. The second-order valence-corrected chi connectivity index (χ2v) is 4.91. The van der Waals surface area contributed by atoms with Gasteiger partial charge in [-0.25, -0.2) is 0 Å². The highest BCUT2D eigenvalue weighted by atomic mass is 14.3. The molecule has 0 aromatic heterocycles. The van der Waals surface area contributed by atoms with Gasteiger partial charge in [-0.2, -0.15) is 0 Å². The predicted octanol–water partition coefficient (Wildman–Crippen LogP) is 5.28. The number of hydrogen-bond donors (Lipinski definition) is 0. The van der Waals surface area contributed by atoms with E-state index >= 15 is 0 Å². The van der Waals surface area contributed by atoms with Crippen LogP contribution in [0.4, 0.5) is 0 Å². The van der Waals surface area contributed by atoms with E-state index in [-0.39, 0.29) is 0 Å². The van der Waals surface area contributed by atoms with Crippen molar-refractivity contribution in [3.05, 3.63) is 36.5 Å². The Labute approximate surface area is 101 Å². The second kappa shape index (κ2) is 6.73. The van der Waals surface area contributed by atoms with Gasteiger partial charge in [-0.05, 0) is 37.5 Å². The molecule has 0 aromatic carbocycles. The van der Waals surface area contributed by atoms with Crippen molar-refractivity contribution in [3.8, 4) is 0 Å². The van der Waals surface area contributed by atoms with E-state index in [2.05, 4.69) is 39.2 Å². The van der Waals surface area contributed by atoms with Crippen molar-refractivity contribution < 1.29 is 0 Å². The zero-order valence-electron chi connectivity index (χ0n) is 11.0. The molecule has 0 spiro atoms. The molecule has 0 fully saturated rings. The highest BCUT2D eigenvalue weighted by Gasteiger charge is 2.25. The van der Waals surface area contributed by atoms with Crippen LogP contribution in [0, 0.1) is 11.8 Å². The monoisotopic (exact) mass is 218 g/mol. The summed E-state index contributed by atoms with van der Waals surface area (Å²) >= 11 is 0. The first-order valence-electron chi connectivity index (χ1n) is 6.71. The summed E-state index contributed by atoms with van der Waals surface area (Å²) < 4.78 is 0. The fourth-order valence-electron chi connectivity index (χ4n) is 2.84. The summed E-state index contributed by atoms with van der Waals surface area (Å²) in [5.41, 5.74) is 3.43. The van der Waals surface area contributed by atoms with Crippen LogP contribution in [0.25, 0.3) is 0 Å².